The molecule has 0 bridgehead atoms. The summed E-state index contributed by atoms with van der Waals surface area (Å²) in [7, 11) is 0. The van der Waals surface area contributed by atoms with Gasteiger partial charge in [-0.2, -0.15) is 0 Å². The summed E-state index contributed by atoms with van der Waals surface area (Å²) in [5.41, 5.74) is -1.12. The fourth-order valence-electron chi connectivity index (χ4n) is 2.89. The predicted octanol–water partition coefficient (Wildman–Crippen LogP) is 1.09. The highest BCUT2D eigenvalue weighted by molar-refractivity contribution is 5.79. The number of guanidine groups is 1. The first-order valence-corrected chi connectivity index (χ1v) is 8.72. The number of furan rings is 1. The molecule has 0 aliphatic carbocycles. The van der Waals surface area contributed by atoms with Gasteiger partial charge in [0.1, 0.15) is 29.5 Å². The largest absolute Gasteiger partial charge is 0.463 e. The second-order valence-electron chi connectivity index (χ2n) is 6.52. The van der Waals surface area contributed by atoms with Crippen molar-refractivity contribution in [1.82, 2.24) is 25.4 Å². The number of nitrogens with zero attached hydrogens (tertiary/aromatic N) is 4. The fraction of sp³-hybridized carbons (Fsp3) is 0.588. The van der Waals surface area contributed by atoms with Gasteiger partial charge in [0, 0.05) is 19.5 Å². The van der Waals surface area contributed by atoms with Crippen molar-refractivity contribution in [3.8, 4) is 0 Å². The summed E-state index contributed by atoms with van der Waals surface area (Å²) in [6, 6.07) is 3.63. The van der Waals surface area contributed by atoms with Crippen LogP contribution >= 0.6 is 0 Å². The molecular formula is C17H26N6O2. The summed E-state index contributed by atoms with van der Waals surface area (Å²) in [5.74, 6) is 3.85. The van der Waals surface area contributed by atoms with Crippen LogP contribution in [0, 0.1) is 6.92 Å². The Bertz CT molecular complexity index is 746. The van der Waals surface area contributed by atoms with Crippen LogP contribution in [0.5, 0.6) is 0 Å². The summed E-state index contributed by atoms with van der Waals surface area (Å²) in [4.78, 5) is 4.56. The first-order valence-electron chi connectivity index (χ1n) is 8.72. The van der Waals surface area contributed by atoms with Gasteiger partial charge in [-0.05, 0) is 39.3 Å². The quantitative estimate of drug-likeness (QED) is 0.535. The van der Waals surface area contributed by atoms with Crippen LogP contribution in [0.15, 0.2) is 21.5 Å². The number of nitrogens with one attached hydrogen (secondary N) is 2. The molecule has 0 aromatic carbocycles. The van der Waals surface area contributed by atoms with Crippen LogP contribution in [-0.2, 0) is 25.1 Å². The second kappa shape index (κ2) is 7.26. The SMILES string of the molecule is CCNC(=NCc1nnc2n1CCC2)NCC(C)(O)c1ccc(C)o1. The standard InChI is InChI=1S/C17H26N6O2/c1-4-18-16(19-10-15-22-21-14-6-5-9-23(14)15)20-11-17(3,24)13-8-7-12(2)25-13/h7-8,24H,4-6,9-11H2,1-3H3,(H2,18,19,20). The first kappa shape index (κ1) is 17.5. The lowest BCUT2D eigenvalue weighted by atomic mass is 10.0. The van der Waals surface area contributed by atoms with Crippen molar-refractivity contribution < 1.29 is 9.52 Å². The molecule has 3 heterocycles. The van der Waals surface area contributed by atoms with E-state index in [1.54, 1.807) is 13.0 Å². The van der Waals surface area contributed by atoms with Gasteiger partial charge in [0.25, 0.3) is 0 Å². The molecule has 1 aliphatic rings. The van der Waals surface area contributed by atoms with Crippen molar-refractivity contribution in [1.29, 1.82) is 0 Å². The van der Waals surface area contributed by atoms with E-state index in [9.17, 15) is 5.11 Å². The topological polar surface area (TPSA) is 100 Å². The van der Waals surface area contributed by atoms with Crippen molar-refractivity contribution in [2.24, 2.45) is 4.99 Å². The average Bonchev–Trinajstić information content (AvgIpc) is 3.27. The van der Waals surface area contributed by atoms with Crippen molar-refractivity contribution in [2.45, 2.75) is 52.3 Å². The number of rotatable bonds is 6. The molecule has 1 unspecified atom stereocenters. The highest BCUT2D eigenvalue weighted by Crippen LogP contribution is 2.21. The van der Waals surface area contributed by atoms with E-state index in [0.29, 0.717) is 18.3 Å². The maximum atomic E-state index is 10.6. The molecule has 1 aliphatic heterocycles. The lowest BCUT2D eigenvalue weighted by molar-refractivity contribution is 0.0378. The van der Waals surface area contributed by atoms with Crippen molar-refractivity contribution in [3.05, 3.63) is 35.3 Å². The molecule has 3 N–H and O–H groups in total. The zero-order chi connectivity index (χ0) is 17.9. The lowest BCUT2D eigenvalue weighted by Gasteiger charge is -2.22. The zero-order valence-corrected chi connectivity index (χ0v) is 15.0. The van der Waals surface area contributed by atoms with Gasteiger partial charge in [0.15, 0.2) is 11.8 Å². The molecule has 2 aromatic heterocycles. The minimum absolute atomic E-state index is 0.281. The number of aliphatic imine (C=N–C) groups is 1. The molecule has 3 rings (SSSR count). The number of aryl methyl sites for hydroxylation is 2. The van der Waals surface area contributed by atoms with Gasteiger partial charge in [-0.1, -0.05) is 0 Å². The third kappa shape index (κ3) is 4.01. The average molecular weight is 346 g/mol. The van der Waals surface area contributed by atoms with Gasteiger partial charge >= 0.3 is 0 Å². The van der Waals surface area contributed by atoms with E-state index < -0.39 is 5.60 Å². The highest BCUT2D eigenvalue weighted by Gasteiger charge is 2.27. The third-order valence-electron chi connectivity index (χ3n) is 4.28. The van der Waals surface area contributed by atoms with Crippen molar-refractivity contribution in [2.75, 3.05) is 13.1 Å². The van der Waals surface area contributed by atoms with Crippen LogP contribution in [-0.4, -0.2) is 38.9 Å². The normalized spacial score (nSPS) is 16.6. The molecule has 25 heavy (non-hydrogen) atoms. The molecular weight excluding hydrogens is 320 g/mol. The van der Waals surface area contributed by atoms with E-state index in [4.69, 9.17) is 4.42 Å². The molecule has 0 saturated carbocycles. The third-order valence-corrected chi connectivity index (χ3v) is 4.28. The van der Waals surface area contributed by atoms with Gasteiger partial charge in [-0.25, -0.2) is 4.99 Å². The molecule has 0 spiro atoms. The number of hydrogen-bond donors (Lipinski definition) is 3. The van der Waals surface area contributed by atoms with Crippen LogP contribution in [0.2, 0.25) is 0 Å². The van der Waals surface area contributed by atoms with E-state index in [2.05, 4.69) is 30.4 Å². The van der Waals surface area contributed by atoms with Gasteiger partial charge in [-0.3, -0.25) is 0 Å². The summed E-state index contributed by atoms with van der Waals surface area (Å²) in [5, 5.41) is 25.4. The Kier molecular flexibility index (Phi) is 5.08. The van der Waals surface area contributed by atoms with Gasteiger partial charge in [-0.15, -0.1) is 10.2 Å². The second-order valence-corrected chi connectivity index (χ2v) is 6.52. The molecule has 0 radical (unpaired) electrons. The molecule has 1 atom stereocenters. The molecule has 136 valence electrons. The van der Waals surface area contributed by atoms with Crippen LogP contribution < -0.4 is 10.6 Å². The molecule has 0 saturated heterocycles. The fourth-order valence-corrected chi connectivity index (χ4v) is 2.89. The van der Waals surface area contributed by atoms with E-state index in [0.717, 1.165) is 43.3 Å². The van der Waals surface area contributed by atoms with Gasteiger partial charge in [0.05, 0.1) is 6.54 Å². The number of hydrogen-bond acceptors (Lipinski definition) is 5. The summed E-state index contributed by atoms with van der Waals surface area (Å²) >= 11 is 0. The van der Waals surface area contributed by atoms with Crippen LogP contribution in [0.4, 0.5) is 0 Å². The Balaban J connectivity index is 1.64. The Morgan fingerprint density at radius 3 is 2.96 bits per heavy atom. The maximum Gasteiger partial charge on any atom is 0.191 e. The van der Waals surface area contributed by atoms with E-state index in [-0.39, 0.29) is 6.54 Å². The lowest BCUT2D eigenvalue weighted by Crippen LogP contribution is -2.44. The molecule has 8 nitrogen and oxygen atoms in total. The molecule has 0 fully saturated rings. The van der Waals surface area contributed by atoms with E-state index in [1.165, 1.54) is 0 Å². The number of aliphatic hydroxyl groups is 1. The summed E-state index contributed by atoms with van der Waals surface area (Å²) in [6.07, 6.45) is 2.10. The summed E-state index contributed by atoms with van der Waals surface area (Å²) < 4.78 is 7.67. The monoisotopic (exact) mass is 346 g/mol. The molecule has 0 amide bonds. The number of aromatic nitrogens is 3. The minimum atomic E-state index is -1.12. The first-order chi connectivity index (χ1) is 12.0. The van der Waals surface area contributed by atoms with Crippen LogP contribution in [0.3, 0.4) is 0 Å². The predicted molar refractivity (Wildman–Crippen MR) is 94.2 cm³/mol. The number of fused-ring (bicyclic) bond motifs is 1. The van der Waals surface area contributed by atoms with Crippen molar-refractivity contribution >= 4 is 5.96 Å². The van der Waals surface area contributed by atoms with Crippen LogP contribution in [0.1, 0.15) is 43.4 Å². The molecule has 8 heteroatoms. The van der Waals surface area contributed by atoms with E-state index >= 15 is 0 Å². The Morgan fingerprint density at radius 1 is 1.40 bits per heavy atom. The highest BCUT2D eigenvalue weighted by atomic mass is 16.4. The summed E-state index contributed by atoms with van der Waals surface area (Å²) in [6.45, 7) is 7.99. The van der Waals surface area contributed by atoms with Gasteiger partial charge < -0.3 is 24.7 Å². The van der Waals surface area contributed by atoms with E-state index in [1.807, 2.05) is 19.9 Å². The smallest absolute Gasteiger partial charge is 0.191 e. The Hall–Kier alpha value is -2.35. The zero-order valence-electron chi connectivity index (χ0n) is 15.0. The maximum absolute atomic E-state index is 10.6. The van der Waals surface area contributed by atoms with Crippen LogP contribution in [0.25, 0.3) is 0 Å². The van der Waals surface area contributed by atoms with Crippen molar-refractivity contribution in [3.63, 3.8) is 0 Å². The Morgan fingerprint density at radius 2 is 2.24 bits per heavy atom. The molecule has 2 aromatic rings. The Labute approximate surface area is 147 Å². The minimum Gasteiger partial charge on any atom is -0.463 e. The van der Waals surface area contributed by atoms with Gasteiger partial charge in [0.2, 0.25) is 0 Å².